The van der Waals surface area contributed by atoms with Crippen LogP contribution in [0.15, 0.2) is 34.0 Å². The van der Waals surface area contributed by atoms with Gasteiger partial charge in [-0.05, 0) is 84.9 Å². The molecule has 0 aromatic heterocycles. The van der Waals surface area contributed by atoms with E-state index in [1.54, 1.807) is 0 Å². The molecule has 0 aromatic rings. The third kappa shape index (κ3) is 2.48. The number of rotatable bonds is 2. The van der Waals surface area contributed by atoms with Gasteiger partial charge in [-0.25, -0.2) is 0 Å². The summed E-state index contributed by atoms with van der Waals surface area (Å²) in [5.41, 5.74) is 2.01. The van der Waals surface area contributed by atoms with E-state index < -0.39 is 5.60 Å². The minimum Gasteiger partial charge on any atom is -0.385 e. The van der Waals surface area contributed by atoms with Crippen molar-refractivity contribution in [1.82, 2.24) is 0 Å². The molecule has 6 atom stereocenters. The highest BCUT2D eigenvalue weighted by Gasteiger charge is 2.63. The Balaban J connectivity index is 1.73. The van der Waals surface area contributed by atoms with Crippen LogP contribution in [-0.4, -0.2) is 16.5 Å². The van der Waals surface area contributed by atoms with Gasteiger partial charge in [-0.15, -0.1) is 0 Å². The lowest BCUT2D eigenvalue weighted by molar-refractivity contribution is -0.116. The molecule has 0 radical (unpaired) electrons. The van der Waals surface area contributed by atoms with E-state index in [4.69, 9.17) is 0 Å². The molecule has 3 heteroatoms. The summed E-state index contributed by atoms with van der Waals surface area (Å²) in [6.45, 7) is 6.79. The van der Waals surface area contributed by atoms with Gasteiger partial charge in [-0.3, -0.25) is 4.79 Å². The van der Waals surface area contributed by atoms with Crippen molar-refractivity contribution < 1.29 is 9.90 Å². The van der Waals surface area contributed by atoms with Crippen molar-refractivity contribution in [3.05, 3.63) is 34.0 Å². The highest BCUT2D eigenvalue weighted by molar-refractivity contribution is 14.1. The highest BCUT2D eigenvalue weighted by atomic mass is 127. The molecule has 4 aliphatic rings. The Morgan fingerprint density at radius 3 is 2.88 bits per heavy atom. The topological polar surface area (TPSA) is 37.3 Å². The number of carbonyl (C=O) groups is 1. The molecule has 1 N–H and O–H groups in total. The van der Waals surface area contributed by atoms with Crippen LogP contribution in [0.5, 0.6) is 0 Å². The monoisotopic (exact) mass is 452 g/mol. The first-order valence-corrected chi connectivity index (χ1v) is 11.1. The molecular weight excluding hydrogens is 423 g/mol. The molecule has 4 rings (SSSR count). The smallest absolute Gasteiger partial charge is 0.155 e. The second kappa shape index (κ2) is 6.33. The molecule has 3 saturated carbocycles. The van der Waals surface area contributed by atoms with Crippen molar-refractivity contribution in [3.63, 3.8) is 0 Å². The van der Waals surface area contributed by atoms with Crippen LogP contribution in [0.25, 0.3) is 0 Å². The van der Waals surface area contributed by atoms with Gasteiger partial charge in [0.2, 0.25) is 0 Å². The van der Waals surface area contributed by atoms with E-state index in [0.29, 0.717) is 35.9 Å². The second-order valence-corrected chi connectivity index (χ2v) is 9.49. The number of hydrogen-bond acceptors (Lipinski definition) is 2. The van der Waals surface area contributed by atoms with Crippen LogP contribution in [0.4, 0.5) is 0 Å². The van der Waals surface area contributed by atoms with Crippen molar-refractivity contribution in [2.75, 3.05) is 0 Å². The fourth-order valence-electron chi connectivity index (χ4n) is 7.09. The molecule has 0 saturated heterocycles. The van der Waals surface area contributed by atoms with Gasteiger partial charge in [0.05, 0.1) is 5.60 Å². The molecule has 0 unspecified atom stereocenters. The van der Waals surface area contributed by atoms with Crippen LogP contribution in [0, 0.1) is 29.1 Å². The Morgan fingerprint density at radius 1 is 1.36 bits per heavy atom. The zero-order chi connectivity index (χ0) is 17.8. The molecule has 0 heterocycles. The normalized spacial score (nSPS) is 46.6. The summed E-state index contributed by atoms with van der Waals surface area (Å²) in [5, 5.41) is 11.5. The minimum atomic E-state index is -0.680. The van der Waals surface area contributed by atoms with E-state index in [1.807, 2.05) is 10.2 Å². The fourth-order valence-corrected chi connectivity index (χ4v) is 7.68. The largest absolute Gasteiger partial charge is 0.385 e. The molecule has 0 spiro atoms. The molecule has 0 amide bonds. The molecule has 25 heavy (non-hydrogen) atoms. The molecule has 0 aromatic carbocycles. The van der Waals surface area contributed by atoms with E-state index in [2.05, 4.69) is 42.2 Å². The van der Waals surface area contributed by atoms with Gasteiger partial charge in [0, 0.05) is 11.8 Å². The molecular formula is C22H29IO2. The Hall–Kier alpha value is -0.420. The van der Waals surface area contributed by atoms with E-state index in [-0.39, 0.29) is 5.41 Å². The summed E-state index contributed by atoms with van der Waals surface area (Å²) >= 11 is 2.24. The fraction of sp³-hybridized carbons (Fsp3) is 0.682. The molecule has 4 aliphatic carbocycles. The predicted molar refractivity (Wildman–Crippen MR) is 109 cm³/mol. The van der Waals surface area contributed by atoms with Crippen molar-refractivity contribution in [3.8, 4) is 0 Å². The van der Waals surface area contributed by atoms with E-state index in [0.717, 1.165) is 44.9 Å². The molecule has 136 valence electrons. The number of hydrogen-bond donors (Lipinski definition) is 1. The maximum Gasteiger partial charge on any atom is 0.155 e. The van der Waals surface area contributed by atoms with Crippen LogP contribution in [0.2, 0.25) is 0 Å². The van der Waals surface area contributed by atoms with Gasteiger partial charge in [-0.1, -0.05) is 47.2 Å². The lowest BCUT2D eigenvalue weighted by atomic mass is 9.48. The van der Waals surface area contributed by atoms with Crippen LogP contribution < -0.4 is 0 Å². The van der Waals surface area contributed by atoms with Gasteiger partial charge in [0.1, 0.15) is 0 Å². The Kier molecular flexibility index (Phi) is 4.55. The summed E-state index contributed by atoms with van der Waals surface area (Å²) < 4.78 is 2.00. The van der Waals surface area contributed by atoms with Crippen LogP contribution in [0.1, 0.15) is 58.3 Å². The van der Waals surface area contributed by atoms with Crippen LogP contribution >= 0.6 is 22.6 Å². The maximum atomic E-state index is 11.9. The highest BCUT2D eigenvalue weighted by Crippen LogP contribution is 2.67. The van der Waals surface area contributed by atoms with Crippen molar-refractivity contribution >= 4 is 28.4 Å². The maximum absolute atomic E-state index is 11.9. The van der Waals surface area contributed by atoms with E-state index in [9.17, 15) is 9.90 Å². The first kappa shape index (κ1) is 18.0. The molecule has 0 aliphatic heterocycles. The second-order valence-electron chi connectivity index (χ2n) is 8.77. The zero-order valence-corrected chi connectivity index (χ0v) is 17.3. The molecule has 3 fully saturated rings. The molecule has 0 bridgehead atoms. The summed E-state index contributed by atoms with van der Waals surface area (Å²) in [6.07, 6.45) is 11.9. The van der Waals surface area contributed by atoms with Crippen LogP contribution in [0.3, 0.4) is 0 Å². The summed E-state index contributed by atoms with van der Waals surface area (Å²) in [6, 6.07) is 0. The Morgan fingerprint density at radius 2 is 2.16 bits per heavy atom. The van der Waals surface area contributed by atoms with Crippen molar-refractivity contribution in [1.29, 1.82) is 0 Å². The number of carbonyl (C=O) groups excluding carboxylic acids is 1. The predicted octanol–water partition coefficient (Wildman–Crippen LogP) is 5.36. The van der Waals surface area contributed by atoms with Crippen LogP contribution in [-0.2, 0) is 4.79 Å². The summed E-state index contributed by atoms with van der Waals surface area (Å²) in [7, 11) is 0. The number of halogens is 1. The zero-order valence-electron chi connectivity index (χ0n) is 15.1. The van der Waals surface area contributed by atoms with Crippen molar-refractivity contribution in [2.24, 2.45) is 29.1 Å². The SMILES string of the molecule is C=C1C[C@@]2(CC)[C@@H](CC[C@@]2(O)/C=C/I)[C@@H]2CCC3=CC(=O)CC[C@@H]3[C@@H]12. The van der Waals surface area contributed by atoms with E-state index >= 15 is 0 Å². The quantitative estimate of drug-likeness (QED) is 0.452. The Labute approximate surface area is 165 Å². The Bertz CT molecular complexity index is 663. The van der Waals surface area contributed by atoms with Crippen molar-refractivity contribution in [2.45, 2.75) is 63.9 Å². The first-order valence-electron chi connectivity index (χ1n) is 9.87. The number of fused-ring (bicyclic) bond motifs is 5. The lowest BCUT2D eigenvalue weighted by Gasteiger charge is -2.57. The van der Waals surface area contributed by atoms with Gasteiger partial charge < -0.3 is 5.11 Å². The summed E-state index contributed by atoms with van der Waals surface area (Å²) in [4.78, 5) is 11.9. The average molecular weight is 452 g/mol. The van der Waals surface area contributed by atoms with Gasteiger partial charge in [0.15, 0.2) is 5.78 Å². The first-order chi connectivity index (χ1) is 12.0. The number of ketones is 1. The van der Waals surface area contributed by atoms with Gasteiger partial charge in [-0.2, -0.15) is 0 Å². The minimum absolute atomic E-state index is 0.0430. The van der Waals surface area contributed by atoms with E-state index in [1.165, 1.54) is 11.1 Å². The standard InChI is InChI=1S/C22H29IO2/c1-3-21-13-14(2)20-17-7-5-16(24)12-15(17)4-6-18(20)19(21)8-9-22(21,25)10-11-23/h10-12,17-20,25H,2-9,13H2,1H3/b11-10+/t17-,18-,19-,20+,21-,22+/m0/s1. The number of allylic oxidation sites excluding steroid dienone is 2. The molecule has 2 nitrogen and oxygen atoms in total. The lowest BCUT2D eigenvalue weighted by Crippen LogP contribution is -2.54. The number of aliphatic hydroxyl groups is 1. The van der Waals surface area contributed by atoms with Gasteiger partial charge >= 0.3 is 0 Å². The van der Waals surface area contributed by atoms with Gasteiger partial charge in [0.25, 0.3) is 0 Å². The summed E-state index contributed by atoms with van der Waals surface area (Å²) in [5.74, 6) is 2.60. The third-order valence-electron chi connectivity index (χ3n) is 8.09. The third-order valence-corrected chi connectivity index (χ3v) is 8.45. The average Bonchev–Trinajstić information content (AvgIpc) is 2.87.